The van der Waals surface area contributed by atoms with Gasteiger partial charge in [0.25, 0.3) is 0 Å². The van der Waals surface area contributed by atoms with E-state index in [4.69, 9.17) is 11.6 Å². The minimum Gasteiger partial charge on any atom is -0.383 e. The van der Waals surface area contributed by atoms with Gasteiger partial charge in [0, 0.05) is 35.5 Å². The number of nitriles is 1. The number of anilines is 2. The number of halogens is 4. The first-order valence-corrected chi connectivity index (χ1v) is 14.8. The molecule has 1 aliphatic rings. The number of fused-ring (bicyclic) bond motifs is 1. The van der Waals surface area contributed by atoms with Gasteiger partial charge < -0.3 is 10.6 Å². The van der Waals surface area contributed by atoms with E-state index in [1.165, 1.54) is 12.4 Å². The van der Waals surface area contributed by atoms with Gasteiger partial charge in [-0.05, 0) is 60.6 Å². The standard InChI is InChI=1S/C32H31ClF3N9/c1-19-22(7-5-8-26(19)44-12-6-11-40-44)29(25-17-45(43-42-25)31(9-10-31)32(34,35)36)41-24-14-21(33)13-23-27(39-18-30(2,3)4)20(15-37)16-38-28(23)24/h5-8,11-14,16-17,29,41H,9-10,18H2,1-4H3,(H,38,39)/t29-/m0/s1. The summed E-state index contributed by atoms with van der Waals surface area (Å²) in [7, 11) is 0. The molecule has 1 atom stereocenters. The van der Waals surface area contributed by atoms with E-state index >= 15 is 0 Å². The maximum Gasteiger partial charge on any atom is 0.413 e. The number of nitrogens with one attached hydrogen (secondary N) is 2. The van der Waals surface area contributed by atoms with Gasteiger partial charge in [-0.25, -0.2) is 9.36 Å². The SMILES string of the molecule is Cc1c([C@H](Nc2cc(Cl)cc3c(NCC(C)(C)C)c(C#N)cnc23)c2cn(C3(C(F)(F)F)CC3)nn2)cccc1-n1cccn1. The molecule has 45 heavy (non-hydrogen) atoms. The van der Waals surface area contributed by atoms with Crippen LogP contribution in [0.5, 0.6) is 0 Å². The van der Waals surface area contributed by atoms with Crippen molar-refractivity contribution in [2.45, 2.75) is 58.3 Å². The first-order valence-electron chi connectivity index (χ1n) is 14.4. The second-order valence-electron chi connectivity index (χ2n) is 12.6. The van der Waals surface area contributed by atoms with E-state index in [0.29, 0.717) is 45.1 Å². The average Bonchev–Trinajstić information content (AvgIpc) is 3.37. The van der Waals surface area contributed by atoms with Gasteiger partial charge in [-0.2, -0.15) is 23.5 Å². The average molecular weight is 634 g/mol. The third kappa shape index (κ3) is 5.68. The van der Waals surface area contributed by atoms with Crippen LogP contribution in [-0.4, -0.2) is 42.5 Å². The molecule has 13 heteroatoms. The molecule has 9 nitrogen and oxygen atoms in total. The fraction of sp³-hybridized carbons (Fsp3) is 0.344. The highest BCUT2D eigenvalue weighted by molar-refractivity contribution is 6.32. The van der Waals surface area contributed by atoms with Crippen LogP contribution in [-0.2, 0) is 5.54 Å². The zero-order valence-electron chi connectivity index (χ0n) is 25.1. The number of hydrogen-bond donors (Lipinski definition) is 2. The molecular formula is C32H31ClF3N9. The fourth-order valence-electron chi connectivity index (χ4n) is 5.47. The molecule has 0 amide bonds. The Hall–Kier alpha value is -4.63. The van der Waals surface area contributed by atoms with E-state index in [0.717, 1.165) is 21.5 Å². The summed E-state index contributed by atoms with van der Waals surface area (Å²) in [6.07, 6.45) is 1.78. The summed E-state index contributed by atoms with van der Waals surface area (Å²) in [5, 5.41) is 30.4. The zero-order valence-corrected chi connectivity index (χ0v) is 25.9. The van der Waals surface area contributed by atoms with Crippen molar-refractivity contribution in [2.24, 2.45) is 5.41 Å². The maximum atomic E-state index is 14.0. The molecule has 3 heterocycles. The summed E-state index contributed by atoms with van der Waals surface area (Å²) < 4.78 is 44.7. The predicted octanol–water partition coefficient (Wildman–Crippen LogP) is 7.56. The van der Waals surface area contributed by atoms with Crippen LogP contribution in [0.15, 0.2) is 61.2 Å². The molecule has 0 saturated heterocycles. The molecule has 2 N–H and O–H groups in total. The van der Waals surface area contributed by atoms with Crippen molar-refractivity contribution in [3.05, 3.63) is 88.6 Å². The Balaban J connectivity index is 1.50. The van der Waals surface area contributed by atoms with E-state index < -0.39 is 17.8 Å². The number of rotatable bonds is 8. The Kier molecular flexibility index (Phi) is 7.48. The normalized spacial score (nSPS) is 15.1. The van der Waals surface area contributed by atoms with Crippen molar-refractivity contribution < 1.29 is 13.2 Å². The van der Waals surface area contributed by atoms with Crippen molar-refractivity contribution in [1.82, 2.24) is 29.8 Å². The number of benzene rings is 2. The second kappa shape index (κ2) is 11.1. The Morgan fingerprint density at radius 2 is 1.93 bits per heavy atom. The first kappa shape index (κ1) is 30.4. The summed E-state index contributed by atoms with van der Waals surface area (Å²) in [6.45, 7) is 8.75. The lowest BCUT2D eigenvalue weighted by Gasteiger charge is -2.24. The highest BCUT2D eigenvalue weighted by Gasteiger charge is 2.66. The van der Waals surface area contributed by atoms with Crippen LogP contribution in [0.4, 0.5) is 24.5 Å². The Morgan fingerprint density at radius 3 is 2.58 bits per heavy atom. The van der Waals surface area contributed by atoms with Gasteiger partial charge >= 0.3 is 6.18 Å². The topological polar surface area (TPSA) is 109 Å². The van der Waals surface area contributed by atoms with Gasteiger partial charge in [-0.3, -0.25) is 4.98 Å². The summed E-state index contributed by atoms with van der Waals surface area (Å²) in [5.41, 5.74) is 2.55. The minimum absolute atomic E-state index is 0.0559. The van der Waals surface area contributed by atoms with Crippen molar-refractivity contribution in [1.29, 1.82) is 5.26 Å². The number of alkyl halides is 3. The molecule has 1 saturated carbocycles. The van der Waals surface area contributed by atoms with E-state index in [2.05, 4.69) is 57.9 Å². The monoisotopic (exact) mass is 633 g/mol. The molecule has 1 fully saturated rings. The molecule has 6 rings (SSSR count). The lowest BCUT2D eigenvalue weighted by molar-refractivity contribution is -0.182. The number of pyridine rings is 1. The molecule has 232 valence electrons. The molecule has 2 aromatic carbocycles. The van der Waals surface area contributed by atoms with Crippen LogP contribution in [0.1, 0.15) is 62.0 Å². The Morgan fingerprint density at radius 1 is 1.16 bits per heavy atom. The summed E-state index contributed by atoms with van der Waals surface area (Å²) in [5.74, 6) is 0. The van der Waals surface area contributed by atoms with Crippen LogP contribution in [0, 0.1) is 23.7 Å². The molecule has 0 bridgehead atoms. The number of aromatic nitrogens is 6. The van der Waals surface area contributed by atoms with Gasteiger partial charge in [0.2, 0.25) is 0 Å². The van der Waals surface area contributed by atoms with Crippen molar-refractivity contribution in [3.8, 4) is 11.8 Å². The highest BCUT2D eigenvalue weighted by atomic mass is 35.5. The van der Waals surface area contributed by atoms with Gasteiger partial charge in [0.15, 0.2) is 5.54 Å². The molecule has 3 aromatic heterocycles. The van der Waals surface area contributed by atoms with E-state index in [1.807, 2.05) is 37.4 Å². The second-order valence-corrected chi connectivity index (χ2v) is 13.0. The lowest BCUT2D eigenvalue weighted by atomic mass is 9.96. The van der Waals surface area contributed by atoms with E-state index in [-0.39, 0.29) is 18.3 Å². The predicted molar refractivity (Wildman–Crippen MR) is 166 cm³/mol. The highest BCUT2D eigenvalue weighted by Crippen LogP contribution is 2.55. The molecule has 0 spiro atoms. The maximum absolute atomic E-state index is 14.0. The van der Waals surface area contributed by atoms with Gasteiger partial charge in [-0.1, -0.05) is 49.7 Å². The summed E-state index contributed by atoms with van der Waals surface area (Å²) >= 11 is 6.66. The third-order valence-corrected chi connectivity index (χ3v) is 8.28. The quantitative estimate of drug-likeness (QED) is 0.181. The van der Waals surface area contributed by atoms with Crippen molar-refractivity contribution in [2.75, 3.05) is 17.2 Å². The van der Waals surface area contributed by atoms with Crippen molar-refractivity contribution >= 4 is 33.9 Å². The van der Waals surface area contributed by atoms with Crippen LogP contribution < -0.4 is 10.6 Å². The van der Waals surface area contributed by atoms with Crippen LogP contribution in [0.2, 0.25) is 5.02 Å². The van der Waals surface area contributed by atoms with Gasteiger partial charge in [-0.15, -0.1) is 5.10 Å². The van der Waals surface area contributed by atoms with Gasteiger partial charge in [0.1, 0.15) is 11.8 Å². The smallest absolute Gasteiger partial charge is 0.383 e. The lowest BCUT2D eigenvalue weighted by Crippen LogP contribution is -2.35. The van der Waals surface area contributed by atoms with Crippen LogP contribution in [0.3, 0.4) is 0 Å². The Labute approximate surface area is 263 Å². The van der Waals surface area contributed by atoms with Crippen LogP contribution >= 0.6 is 11.6 Å². The first-order chi connectivity index (χ1) is 21.3. The van der Waals surface area contributed by atoms with Crippen molar-refractivity contribution in [3.63, 3.8) is 0 Å². The minimum atomic E-state index is -4.46. The van der Waals surface area contributed by atoms with E-state index in [9.17, 15) is 18.4 Å². The number of nitrogens with zero attached hydrogens (tertiary/aromatic N) is 7. The summed E-state index contributed by atoms with van der Waals surface area (Å²) in [6, 6.07) is 12.4. The Bertz CT molecular complexity index is 1910. The van der Waals surface area contributed by atoms with Gasteiger partial charge in [0.05, 0.1) is 40.4 Å². The molecule has 0 radical (unpaired) electrons. The molecular weight excluding hydrogens is 603 g/mol. The fourth-order valence-corrected chi connectivity index (χ4v) is 5.68. The number of hydrogen-bond acceptors (Lipinski definition) is 7. The molecule has 0 unspecified atom stereocenters. The van der Waals surface area contributed by atoms with Crippen LogP contribution in [0.25, 0.3) is 16.6 Å². The largest absolute Gasteiger partial charge is 0.413 e. The summed E-state index contributed by atoms with van der Waals surface area (Å²) in [4.78, 5) is 4.62. The molecule has 5 aromatic rings. The molecule has 0 aliphatic heterocycles. The molecule has 1 aliphatic carbocycles. The van der Waals surface area contributed by atoms with E-state index in [1.54, 1.807) is 23.0 Å². The zero-order chi connectivity index (χ0) is 32.1. The third-order valence-electron chi connectivity index (χ3n) is 8.06.